The predicted molar refractivity (Wildman–Crippen MR) is 86.9 cm³/mol. The summed E-state index contributed by atoms with van der Waals surface area (Å²) in [5.41, 5.74) is 2.10. The molecule has 22 heavy (non-hydrogen) atoms. The molecule has 2 aromatic rings. The second kappa shape index (κ2) is 7.56. The van der Waals surface area contributed by atoms with Crippen molar-refractivity contribution < 1.29 is 9.72 Å². The predicted octanol–water partition coefficient (Wildman–Crippen LogP) is 3.17. The van der Waals surface area contributed by atoms with Gasteiger partial charge < -0.3 is 5.32 Å². The number of anilines is 1. The number of nitro benzene ring substituents is 1. The van der Waals surface area contributed by atoms with Gasteiger partial charge in [-0.1, -0.05) is 6.07 Å². The Kier molecular flexibility index (Phi) is 5.48. The Bertz CT molecular complexity index is 677. The van der Waals surface area contributed by atoms with E-state index in [-0.39, 0.29) is 17.3 Å². The van der Waals surface area contributed by atoms with E-state index in [9.17, 15) is 14.9 Å². The van der Waals surface area contributed by atoms with Crippen molar-refractivity contribution in [1.82, 2.24) is 4.98 Å². The minimum atomic E-state index is -0.455. The summed E-state index contributed by atoms with van der Waals surface area (Å²) in [5, 5.41) is 13.5. The third-order valence-electron chi connectivity index (χ3n) is 2.94. The smallest absolute Gasteiger partial charge is 0.274 e. The van der Waals surface area contributed by atoms with Crippen molar-refractivity contribution >= 4 is 29.0 Å². The normalized spacial score (nSPS) is 10.2. The Hall–Kier alpha value is -2.41. The first-order chi connectivity index (χ1) is 10.6. The zero-order valence-electron chi connectivity index (χ0n) is 12.0. The largest absolute Gasteiger partial charge is 0.325 e. The van der Waals surface area contributed by atoms with E-state index < -0.39 is 4.92 Å². The number of benzene rings is 1. The highest BCUT2D eigenvalue weighted by Crippen LogP contribution is 2.22. The second-order valence-corrected chi connectivity index (χ2v) is 5.64. The number of carbonyl (C=O) groups is 1. The van der Waals surface area contributed by atoms with Gasteiger partial charge in [-0.05, 0) is 30.7 Å². The van der Waals surface area contributed by atoms with Gasteiger partial charge in [0, 0.05) is 35.5 Å². The van der Waals surface area contributed by atoms with Crippen LogP contribution in [-0.2, 0) is 10.5 Å². The number of amides is 1. The van der Waals surface area contributed by atoms with E-state index in [0.717, 1.165) is 5.56 Å². The number of pyridine rings is 1. The Balaban J connectivity index is 1.87. The molecule has 2 rings (SSSR count). The molecular formula is C15H15N3O3S. The Labute approximate surface area is 132 Å². The number of rotatable bonds is 6. The zero-order chi connectivity index (χ0) is 15.9. The lowest BCUT2D eigenvalue weighted by molar-refractivity contribution is -0.385. The molecule has 7 heteroatoms. The lowest BCUT2D eigenvalue weighted by atomic mass is 10.2. The summed E-state index contributed by atoms with van der Waals surface area (Å²) in [4.78, 5) is 26.2. The zero-order valence-corrected chi connectivity index (χ0v) is 12.8. The van der Waals surface area contributed by atoms with Gasteiger partial charge in [0.1, 0.15) is 0 Å². The summed E-state index contributed by atoms with van der Waals surface area (Å²) in [6.07, 6.45) is 3.42. The maximum atomic E-state index is 11.9. The van der Waals surface area contributed by atoms with Crippen LogP contribution >= 0.6 is 11.8 Å². The van der Waals surface area contributed by atoms with Crippen molar-refractivity contribution in [1.29, 1.82) is 0 Å². The highest BCUT2D eigenvalue weighted by Gasteiger charge is 2.12. The molecule has 0 radical (unpaired) electrons. The van der Waals surface area contributed by atoms with Gasteiger partial charge in [0.15, 0.2) is 0 Å². The van der Waals surface area contributed by atoms with Gasteiger partial charge in [0.2, 0.25) is 5.91 Å². The lowest BCUT2D eigenvalue weighted by Crippen LogP contribution is -2.14. The van der Waals surface area contributed by atoms with Crippen LogP contribution in [0.5, 0.6) is 0 Å². The van der Waals surface area contributed by atoms with Crippen molar-refractivity contribution in [2.45, 2.75) is 12.7 Å². The van der Waals surface area contributed by atoms with E-state index in [1.807, 2.05) is 12.1 Å². The topological polar surface area (TPSA) is 85.1 Å². The van der Waals surface area contributed by atoms with Crippen LogP contribution in [0.25, 0.3) is 0 Å². The summed E-state index contributed by atoms with van der Waals surface area (Å²) in [6, 6.07) is 8.45. The lowest BCUT2D eigenvalue weighted by Gasteiger charge is -2.06. The van der Waals surface area contributed by atoms with E-state index >= 15 is 0 Å². The van der Waals surface area contributed by atoms with Gasteiger partial charge in [-0.15, -0.1) is 11.8 Å². The fourth-order valence-corrected chi connectivity index (χ4v) is 2.61. The minimum Gasteiger partial charge on any atom is -0.325 e. The summed E-state index contributed by atoms with van der Waals surface area (Å²) in [5.74, 6) is 0.811. The number of nitrogens with zero attached hydrogens (tertiary/aromatic N) is 2. The van der Waals surface area contributed by atoms with Crippen LogP contribution in [0, 0.1) is 17.0 Å². The number of thioether (sulfide) groups is 1. The van der Waals surface area contributed by atoms with Crippen LogP contribution in [0.4, 0.5) is 11.4 Å². The summed E-state index contributed by atoms with van der Waals surface area (Å²) >= 11 is 1.47. The average molecular weight is 317 g/mol. The van der Waals surface area contributed by atoms with E-state index in [4.69, 9.17) is 0 Å². The first kappa shape index (κ1) is 16.0. The van der Waals surface area contributed by atoms with Crippen LogP contribution in [0.3, 0.4) is 0 Å². The van der Waals surface area contributed by atoms with Gasteiger partial charge >= 0.3 is 0 Å². The molecule has 1 heterocycles. The molecule has 0 bridgehead atoms. The summed E-state index contributed by atoms with van der Waals surface area (Å²) in [6.45, 7) is 1.66. The number of nitro groups is 1. The fraction of sp³-hybridized carbons (Fsp3) is 0.200. The summed E-state index contributed by atoms with van der Waals surface area (Å²) < 4.78 is 0. The number of carbonyl (C=O) groups excluding carboxylic acids is 1. The monoisotopic (exact) mass is 317 g/mol. The number of hydrogen-bond donors (Lipinski definition) is 1. The molecule has 1 aromatic carbocycles. The van der Waals surface area contributed by atoms with Crippen molar-refractivity contribution in [3.63, 3.8) is 0 Å². The Morgan fingerprint density at radius 1 is 1.32 bits per heavy atom. The first-order valence-corrected chi connectivity index (χ1v) is 7.73. The van der Waals surface area contributed by atoms with Gasteiger partial charge in [-0.2, -0.15) is 0 Å². The van der Waals surface area contributed by atoms with Crippen molar-refractivity contribution in [2.24, 2.45) is 0 Å². The van der Waals surface area contributed by atoms with Gasteiger partial charge in [-0.3, -0.25) is 19.9 Å². The molecule has 0 saturated heterocycles. The molecule has 1 N–H and O–H groups in total. The fourth-order valence-electron chi connectivity index (χ4n) is 1.82. The molecule has 0 aliphatic heterocycles. The molecule has 0 aliphatic carbocycles. The number of aromatic nitrogens is 1. The highest BCUT2D eigenvalue weighted by molar-refractivity contribution is 7.99. The number of aryl methyl sites for hydroxylation is 1. The van der Waals surface area contributed by atoms with Crippen molar-refractivity contribution in [3.05, 3.63) is 64.0 Å². The van der Waals surface area contributed by atoms with Crippen LogP contribution < -0.4 is 5.32 Å². The van der Waals surface area contributed by atoms with Crippen LogP contribution in [-0.4, -0.2) is 21.6 Å². The van der Waals surface area contributed by atoms with Crippen molar-refractivity contribution in [3.8, 4) is 0 Å². The van der Waals surface area contributed by atoms with Gasteiger partial charge in [0.25, 0.3) is 5.69 Å². The van der Waals surface area contributed by atoms with E-state index in [1.165, 1.54) is 17.8 Å². The average Bonchev–Trinajstić information content (AvgIpc) is 2.50. The molecule has 0 saturated carbocycles. The van der Waals surface area contributed by atoms with Crippen LogP contribution in [0.1, 0.15) is 11.1 Å². The molecule has 114 valence electrons. The molecule has 0 atom stereocenters. The molecule has 0 aliphatic rings. The molecule has 0 fully saturated rings. The third kappa shape index (κ3) is 4.56. The van der Waals surface area contributed by atoms with Crippen LogP contribution in [0.2, 0.25) is 0 Å². The quantitative estimate of drug-likeness (QED) is 0.653. The second-order valence-electron chi connectivity index (χ2n) is 4.65. The SMILES string of the molecule is Cc1ccc(NC(=O)CSCc2ccncc2)cc1[N+](=O)[O-]. The third-order valence-corrected chi connectivity index (χ3v) is 3.94. The molecular weight excluding hydrogens is 302 g/mol. The Morgan fingerprint density at radius 3 is 2.73 bits per heavy atom. The minimum absolute atomic E-state index is 0.00207. The standard InChI is InChI=1S/C15H15N3O3S/c1-11-2-3-13(8-14(11)18(20)21)17-15(19)10-22-9-12-4-6-16-7-5-12/h2-8H,9-10H2,1H3,(H,17,19). The number of nitrogens with one attached hydrogen (secondary N) is 1. The van der Waals surface area contributed by atoms with E-state index in [1.54, 1.807) is 31.5 Å². The van der Waals surface area contributed by atoms with Crippen molar-refractivity contribution in [2.75, 3.05) is 11.1 Å². The highest BCUT2D eigenvalue weighted by atomic mass is 32.2. The Morgan fingerprint density at radius 2 is 2.05 bits per heavy atom. The van der Waals surface area contributed by atoms with E-state index in [0.29, 0.717) is 17.0 Å². The van der Waals surface area contributed by atoms with Gasteiger partial charge in [0.05, 0.1) is 10.7 Å². The first-order valence-electron chi connectivity index (χ1n) is 6.58. The summed E-state index contributed by atoms with van der Waals surface area (Å²) in [7, 11) is 0. The molecule has 0 spiro atoms. The molecule has 1 amide bonds. The molecule has 6 nitrogen and oxygen atoms in total. The molecule has 1 aromatic heterocycles. The van der Waals surface area contributed by atoms with E-state index in [2.05, 4.69) is 10.3 Å². The maximum absolute atomic E-state index is 11.9. The number of hydrogen-bond acceptors (Lipinski definition) is 5. The van der Waals surface area contributed by atoms with Crippen LogP contribution in [0.15, 0.2) is 42.7 Å². The molecule has 0 unspecified atom stereocenters. The van der Waals surface area contributed by atoms with Gasteiger partial charge in [-0.25, -0.2) is 0 Å². The maximum Gasteiger partial charge on any atom is 0.274 e.